The molecule has 0 aromatic carbocycles. The molecular formula is C17H24FN3O4. The second-order valence-electron chi connectivity index (χ2n) is 6.83. The van der Waals surface area contributed by atoms with Crippen molar-refractivity contribution >= 4 is 17.9 Å². The summed E-state index contributed by atoms with van der Waals surface area (Å²) in [6.45, 7) is 8.23. The highest BCUT2D eigenvalue weighted by Gasteiger charge is 2.30. The summed E-state index contributed by atoms with van der Waals surface area (Å²) >= 11 is 0. The summed E-state index contributed by atoms with van der Waals surface area (Å²) in [5.41, 5.74) is -0.495. The molecule has 25 heavy (non-hydrogen) atoms. The quantitative estimate of drug-likeness (QED) is 0.839. The highest BCUT2D eigenvalue weighted by atomic mass is 19.1. The van der Waals surface area contributed by atoms with E-state index in [4.69, 9.17) is 9.47 Å². The van der Waals surface area contributed by atoms with E-state index in [0.717, 1.165) is 6.07 Å². The first kappa shape index (κ1) is 19.0. The maximum atomic E-state index is 14.1. The molecule has 1 aromatic heterocycles. The molecule has 0 spiro atoms. The monoisotopic (exact) mass is 353 g/mol. The number of nitrogens with one attached hydrogen (secondary N) is 1. The van der Waals surface area contributed by atoms with Crippen LogP contribution in [0, 0.1) is 5.82 Å². The van der Waals surface area contributed by atoms with Gasteiger partial charge in [-0.25, -0.2) is 19.0 Å². The van der Waals surface area contributed by atoms with Gasteiger partial charge in [0, 0.05) is 25.3 Å². The zero-order chi connectivity index (χ0) is 18.6. The Kier molecular flexibility index (Phi) is 5.81. The fraction of sp³-hybridized carbons (Fsp3) is 0.588. The van der Waals surface area contributed by atoms with Crippen LogP contribution in [0.3, 0.4) is 0 Å². The molecule has 0 aliphatic carbocycles. The molecule has 1 saturated heterocycles. The van der Waals surface area contributed by atoms with Gasteiger partial charge in [0.05, 0.1) is 12.2 Å². The molecule has 0 radical (unpaired) electrons. The first-order valence-electron chi connectivity index (χ1n) is 8.26. The minimum Gasteiger partial charge on any atom is -0.462 e. The van der Waals surface area contributed by atoms with Gasteiger partial charge >= 0.3 is 12.1 Å². The smallest absolute Gasteiger partial charge is 0.410 e. The summed E-state index contributed by atoms with van der Waals surface area (Å²) in [6, 6.07) is 0.955. The predicted molar refractivity (Wildman–Crippen MR) is 90.0 cm³/mol. The summed E-state index contributed by atoms with van der Waals surface area (Å²) in [5, 5.41) is 2.97. The lowest BCUT2D eigenvalue weighted by molar-refractivity contribution is 0.0293. The normalized spacial score (nSPS) is 17.3. The molecule has 1 fully saturated rings. The van der Waals surface area contributed by atoms with Crippen molar-refractivity contribution in [2.45, 2.75) is 45.8 Å². The van der Waals surface area contributed by atoms with Gasteiger partial charge in [-0.1, -0.05) is 0 Å². The maximum absolute atomic E-state index is 14.1. The van der Waals surface area contributed by atoms with Crippen molar-refractivity contribution in [3.8, 4) is 0 Å². The molecule has 1 aliphatic heterocycles. The summed E-state index contributed by atoms with van der Waals surface area (Å²) in [5.74, 6) is -1.21. The largest absolute Gasteiger partial charge is 0.462 e. The summed E-state index contributed by atoms with van der Waals surface area (Å²) < 4.78 is 24.3. The third-order valence-corrected chi connectivity index (χ3v) is 3.53. The molecule has 7 nitrogen and oxygen atoms in total. The van der Waals surface area contributed by atoms with E-state index in [1.807, 2.05) is 0 Å². The summed E-state index contributed by atoms with van der Waals surface area (Å²) in [7, 11) is 0. The molecule has 0 saturated carbocycles. The minimum atomic E-state index is -0.638. The van der Waals surface area contributed by atoms with Gasteiger partial charge in [0.25, 0.3) is 0 Å². The highest BCUT2D eigenvalue weighted by Crippen LogP contribution is 2.20. The van der Waals surface area contributed by atoms with Crippen LogP contribution < -0.4 is 5.32 Å². The highest BCUT2D eigenvalue weighted by molar-refractivity contribution is 5.89. The number of pyridine rings is 1. The van der Waals surface area contributed by atoms with Gasteiger partial charge in [0.2, 0.25) is 0 Å². The molecule has 1 atom stereocenters. The van der Waals surface area contributed by atoms with Crippen LogP contribution in [-0.2, 0) is 9.47 Å². The van der Waals surface area contributed by atoms with E-state index < -0.39 is 17.4 Å². The Labute approximate surface area is 146 Å². The number of hydrogen-bond acceptors (Lipinski definition) is 6. The second-order valence-corrected chi connectivity index (χ2v) is 6.83. The first-order valence-corrected chi connectivity index (χ1v) is 8.26. The predicted octanol–water partition coefficient (Wildman–Crippen LogP) is 2.82. The number of likely N-dealkylation sites (tertiary alicyclic amines) is 1. The third-order valence-electron chi connectivity index (χ3n) is 3.53. The number of ether oxygens (including phenoxy) is 2. The molecule has 1 aliphatic rings. The van der Waals surface area contributed by atoms with E-state index in [1.165, 1.54) is 6.20 Å². The molecule has 0 unspecified atom stereocenters. The maximum Gasteiger partial charge on any atom is 0.410 e. The van der Waals surface area contributed by atoms with Crippen LogP contribution in [-0.4, -0.2) is 53.3 Å². The van der Waals surface area contributed by atoms with Gasteiger partial charge in [0.1, 0.15) is 5.60 Å². The van der Waals surface area contributed by atoms with Gasteiger partial charge in [-0.3, -0.25) is 0 Å². The van der Waals surface area contributed by atoms with Gasteiger partial charge in [-0.15, -0.1) is 0 Å². The molecule has 2 rings (SSSR count). The van der Waals surface area contributed by atoms with Crippen LogP contribution >= 0.6 is 0 Å². The van der Waals surface area contributed by atoms with E-state index >= 15 is 0 Å². The number of carbonyl (C=O) groups is 2. The Morgan fingerprint density at radius 2 is 2.16 bits per heavy atom. The molecule has 1 aromatic rings. The van der Waals surface area contributed by atoms with Crippen molar-refractivity contribution in [1.29, 1.82) is 0 Å². The van der Waals surface area contributed by atoms with Gasteiger partial charge in [-0.05, 0) is 40.2 Å². The van der Waals surface area contributed by atoms with Gasteiger partial charge < -0.3 is 19.7 Å². The van der Waals surface area contributed by atoms with Crippen molar-refractivity contribution in [2.75, 3.05) is 25.0 Å². The number of aromatic nitrogens is 1. The number of hydrogen-bond donors (Lipinski definition) is 1. The number of esters is 1. The molecule has 2 heterocycles. The summed E-state index contributed by atoms with van der Waals surface area (Å²) in [4.78, 5) is 29.1. The van der Waals surface area contributed by atoms with Crippen LogP contribution in [0.4, 0.5) is 15.0 Å². The number of nitrogens with zero attached hydrogens (tertiary/aromatic N) is 2. The fourth-order valence-corrected chi connectivity index (χ4v) is 2.43. The lowest BCUT2D eigenvalue weighted by Gasteiger charge is -2.24. The topological polar surface area (TPSA) is 80.8 Å². The van der Waals surface area contributed by atoms with Crippen molar-refractivity contribution in [3.05, 3.63) is 23.6 Å². The van der Waals surface area contributed by atoms with Crippen molar-refractivity contribution < 1.29 is 23.5 Å². The lowest BCUT2D eigenvalue weighted by Crippen LogP contribution is -2.36. The molecule has 1 N–H and O–H groups in total. The number of carbonyl (C=O) groups excluding carboxylic acids is 2. The average molecular weight is 353 g/mol. The first-order chi connectivity index (χ1) is 11.7. The molecular weight excluding hydrogens is 329 g/mol. The Morgan fingerprint density at radius 1 is 1.44 bits per heavy atom. The zero-order valence-electron chi connectivity index (χ0n) is 15.0. The van der Waals surface area contributed by atoms with Crippen LogP contribution in [0.5, 0.6) is 0 Å². The lowest BCUT2D eigenvalue weighted by atomic mass is 10.2. The van der Waals surface area contributed by atoms with Crippen molar-refractivity contribution in [1.82, 2.24) is 9.88 Å². The summed E-state index contributed by atoms with van der Waals surface area (Å²) in [6.07, 6.45) is 1.53. The second kappa shape index (κ2) is 7.67. The molecule has 138 valence electrons. The van der Waals surface area contributed by atoms with Crippen LogP contribution in [0.15, 0.2) is 12.3 Å². The molecule has 8 heteroatoms. The minimum absolute atomic E-state index is 0.0455. The number of halogens is 1. The van der Waals surface area contributed by atoms with Crippen LogP contribution in [0.2, 0.25) is 0 Å². The zero-order valence-corrected chi connectivity index (χ0v) is 15.0. The Hall–Kier alpha value is -2.38. The molecule has 0 bridgehead atoms. The molecule has 1 amide bonds. The van der Waals surface area contributed by atoms with Crippen LogP contribution in [0.25, 0.3) is 0 Å². The van der Waals surface area contributed by atoms with E-state index in [-0.39, 0.29) is 30.1 Å². The van der Waals surface area contributed by atoms with Gasteiger partial charge in [0.15, 0.2) is 11.6 Å². The van der Waals surface area contributed by atoms with Crippen molar-refractivity contribution in [3.63, 3.8) is 0 Å². The Bertz CT molecular complexity index is 645. The SMILES string of the molecule is CCOC(=O)c1cnc(N[C@@H]2CCN(C(=O)OC(C)(C)C)C2)c(F)c1. The Morgan fingerprint density at radius 3 is 2.76 bits per heavy atom. The average Bonchev–Trinajstić information content (AvgIpc) is 2.96. The third kappa shape index (κ3) is 5.30. The number of amides is 1. The van der Waals surface area contributed by atoms with E-state index in [0.29, 0.717) is 19.5 Å². The standard InChI is InChI=1S/C17H24FN3O4/c1-5-24-15(22)11-8-13(18)14(19-9-11)20-12-6-7-21(10-12)16(23)25-17(2,3)4/h8-9,12H,5-7,10H2,1-4H3,(H,19,20)/t12-/m1/s1. The van der Waals surface area contributed by atoms with Gasteiger partial charge in [-0.2, -0.15) is 0 Å². The number of anilines is 1. The van der Waals surface area contributed by atoms with E-state index in [9.17, 15) is 14.0 Å². The van der Waals surface area contributed by atoms with E-state index in [1.54, 1.807) is 32.6 Å². The van der Waals surface area contributed by atoms with Crippen molar-refractivity contribution in [2.24, 2.45) is 0 Å². The number of rotatable bonds is 4. The fourth-order valence-electron chi connectivity index (χ4n) is 2.43. The van der Waals surface area contributed by atoms with Crippen LogP contribution in [0.1, 0.15) is 44.5 Å². The Balaban J connectivity index is 1.95. The van der Waals surface area contributed by atoms with E-state index in [2.05, 4.69) is 10.3 Å².